The molecule has 0 aromatic heterocycles. The lowest BCUT2D eigenvalue weighted by Crippen LogP contribution is -2.31. The molecular formula is C13H23N3. The van der Waals surface area contributed by atoms with Gasteiger partial charge in [-0.15, -0.1) is 0 Å². The Hall–Kier alpha value is -1.06. The van der Waals surface area contributed by atoms with Crippen LogP contribution in [-0.2, 0) is 0 Å². The summed E-state index contributed by atoms with van der Waals surface area (Å²) in [5, 5.41) is 0. The van der Waals surface area contributed by atoms with Gasteiger partial charge in [-0.05, 0) is 48.5 Å². The second kappa shape index (κ2) is 5.87. The van der Waals surface area contributed by atoms with Crippen LogP contribution in [0.1, 0.15) is 25.3 Å². The first kappa shape index (κ1) is 13.0. The second-order valence-corrected chi connectivity index (χ2v) is 4.55. The van der Waals surface area contributed by atoms with E-state index in [1.165, 1.54) is 5.56 Å². The standard InChI is InChI=1S/C13H23N3/c1-9(10(2)12(7-14)8-15)11-3-5-13(16)6-4-11/h3-6,9-10,12H,7-8,14-16H2,1-2H3. The van der Waals surface area contributed by atoms with Gasteiger partial charge in [-0.2, -0.15) is 0 Å². The van der Waals surface area contributed by atoms with Crippen LogP contribution >= 0.6 is 0 Å². The number of nitrogen functional groups attached to an aromatic ring is 1. The molecule has 0 fully saturated rings. The van der Waals surface area contributed by atoms with Crippen LogP contribution in [0.15, 0.2) is 24.3 Å². The molecule has 90 valence electrons. The highest BCUT2D eigenvalue weighted by Crippen LogP contribution is 2.29. The van der Waals surface area contributed by atoms with Crippen LogP contribution in [0.2, 0.25) is 0 Å². The molecule has 6 N–H and O–H groups in total. The summed E-state index contributed by atoms with van der Waals surface area (Å²) >= 11 is 0. The molecule has 0 bridgehead atoms. The van der Waals surface area contributed by atoms with Gasteiger partial charge in [0.2, 0.25) is 0 Å². The summed E-state index contributed by atoms with van der Waals surface area (Å²) in [6.45, 7) is 5.73. The summed E-state index contributed by atoms with van der Waals surface area (Å²) in [6.07, 6.45) is 0. The molecular weight excluding hydrogens is 198 g/mol. The predicted molar refractivity (Wildman–Crippen MR) is 70.0 cm³/mol. The average molecular weight is 221 g/mol. The lowest BCUT2D eigenvalue weighted by molar-refractivity contribution is 0.328. The largest absolute Gasteiger partial charge is 0.399 e. The zero-order valence-corrected chi connectivity index (χ0v) is 10.2. The Morgan fingerprint density at radius 1 is 1.00 bits per heavy atom. The molecule has 2 unspecified atom stereocenters. The molecule has 1 rings (SSSR count). The maximum absolute atomic E-state index is 5.72. The third kappa shape index (κ3) is 2.97. The zero-order valence-electron chi connectivity index (χ0n) is 10.2. The highest BCUT2D eigenvalue weighted by molar-refractivity contribution is 5.40. The van der Waals surface area contributed by atoms with E-state index in [2.05, 4.69) is 26.0 Å². The van der Waals surface area contributed by atoms with Crippen LogP contribution < -0.4 is 17.2 Å². The Labute approximate surface area is 98.0 Å². The van der Waals surface area contributed by atoms with Crippen molar-refractivity contribution < 1.29 is 0 Å². The summed E-state index contributed by atoms with van der Waals surface area (Å²) in [4.78, 5) is 0. The molecule has 1 aromatic carbocycles. The highest BCUT2D eigenvalue weighted by atomic mass is 14.6. The minimum Gasteiger partial charge on any atom is -0.399 e. The van der Waals surface area contributed by atoms with Gasteiger partial charge in [-0.3, -0.25) is 0 Å². The number of nitrogens with two attached hydrogens (primary N) is 3. The van der Waals surface area contributed by atoms with Gasteiger partial charge in [0, 0.05) is 5.69 Å². The summed E-state index contributed by atoms with van der Waals surface area (Å²) < 4.78 is 0. The molecule has 16 heavy (non-hydrogen) atoms. The van der Waals surface area contributed by atoms with Gasteiger partial charge in [-0.25, -0.2) is 0 Å². The number of benzene rings is 1. The van der Waals surface area contributed by atoms with Gasteiger partial charge in [0.1, 0.15) is 0 Å². The number of rotatable bonds is 5. The molecule has 1 aromatic rings. The van der Waals surface area contributed by atoms with Crippen LogP contribution in [0, 0.1) is 11.8 Å². The van der Waals surface area contributed by atoms with Crippen molar-refractivity contribution in [3.63, 3.8) is 0 Å². The van der Waals surface area contributed by atoms with E-state index >= 15 is 0 Å². The Balaban J connectivity index is 2.76. The second-order valence-electron chi connectivity index (χ2n) is 4.55. The van der Waals surface area contributed by atoms with Crippen molar-refractivity contribution in [2.24, 2.45) is 23.3 Å². The van der Waals surface area contributed by atoms with E-state index in [1.807, 2.05) is 12.1 Å². The van der Waals surface area contributed by atoms with Crippen molar-refractivity contribution in [1.82, 2.24) is 0 Å². The summed E-state index contributed by atoms with van der Waals surface area (Å²) in [7, 11) is 0. The van der Waals surface area contributed by atoms with Crippen LogP contribution in [0.5, 0.6) is 0 Å². The third-order valence-electron chi connectivity index (χ3n) is 3.60. The van der Waals surface area contributed by atoms with E-state index in [0.29, 0.717) is 30.8 Å². The zero-order chi connectivity index (χ0) is 12.1. The Kier molecular flexibility index (Phi) is 4.77. The number of hydrogen-bond donors (Lipinski definition) is 3. The van der Waals surface area contributed by atoms with Gasteiger partial charge in [0.15, 0.2) is 0 Å². The minimum absolute atomic E-state index is 0.382. The molecule has 0 aliphatic carbocycles. The van der Waals surface area contributed by atoms with E-state index in [1.54, 1.807) is 0 Å². The fourth-order valence-electron chi connectivity index (χ4n) is 2.04. The minimum atomic E-state index is 0.382. The molecule has 3 heteroatoms. The molecule has 0 heterocycles. The van der Waals surface area contributed by atoms with Gasteiger partial charge in [0.25, 0.3) is 0 Å². The van der Waals surface area contributed by atoms with E-state index in [9.17, 15) is 0 Å². The van der Waals surface area contributed by atoms with E-state index < -0.39 is 0 Å². The lowest BCUT2D eigenvalue weighted by Gasteiger charge is -2.27. The quantitative estimate of drug-likeness (QED) is 0.660. The maximum atomic E-state index is 5.72. The van der Waals surface area contributed by atoms with Crippen LogP contribution in [-0.4, -0.2) is 13.1 Å². The topological polar surface area (TPSA) is 78.1 Å². The fourth-order valence-corrected chi connectivity index (χ4v) is 2.04. The van der Waals surface area contributed by atoms with E-state index in [-0.39, 0.29) is 0 Å². The average Bonchev–Trinajstić information content (AvgIpc) is 2.30. The van der Waals surface area contributed by atoms with Crippen molar-refractivity contribution in [3.05, 3.63) is 29.8 Å². The van der Waals surface area contributed by atoms with Crippen molar-refractivity contribution in [3.8, 4) is 0 Å². The summed E-state index contributed by atoms with van der Waals surface area (Å²) in [5.41, 5.74) is 19.2. The number of anilines is 1. The van der Waals surface area contributed by atoms with Crippen molar-refractivity contribution in [2.75, 3.05) is 18.8 Å². The van der Waals surface area contributed by atoms with Crippen LogP contribution in [0.3, 0.4) is 0 Å². The third-order valence-corrected chi connectivity index (χ3v) is 3.60. The van der Waals surface area contributed by atoms with E-state index in [4.69, 9.17) is 17.2 Å². The smallest absolute Gasteiger partial charge is 0.0314 e. The SMILES string of the molecule is CC(c1ccc(N)cc1)C(C)C(CN)CN. The molecule has 0 saturated heterocycles. The van der Waals surface area contributed by atoms with E-state index in [0.717, 1.165) is 5.69 Å². The molecule has 0 aliphatic rings. The summed E-state index contributed by atoms with van der Waals surface area (Å²) in [6, 6.07) is 8.05. The number of hydrogen-bond acceptors (Lipinski definition) is 3. The molecule has 0 radical (unpaired) electrons. The monoisotopic (exact) mass is 221 g/mol. The fraction of sp³-hybridized carbons (Fsp3) is 0.538. The molecule has 3 nitrogen and oxygen atoms in total. The highest BCUT2D eigenvalue weighted by Gasteiger charge is 2.21. The van der Waals surface area contributed by atoms with Gasteiger partial charge in [0.05, 0.1) is 0 Å². The molecule has 2 atom stereocenters. The van der Waals surface area contributed by atoms with Crippen molar-refractivity contribution in [2.45, 2.75) is 19.8 Å². The normalized spacial score (nSPS) is 15.1. The maximum Gasteiger partial charge on any atom is 0.0314 e. The van der Waals surface area contributed by atoms with Crippen molar-refractivity contribution in [1.29, 1.82) is 0 Å². The Morgan fingerprint density at radius 2 is 1.50 bits per heavy atom. The first-order valence-electron chi connectivity index (χ1n) is 5.85. The molecule has 0 amide bonds. The first-order valence-corrected chi connectivity index (χ1v) is 5.85. The predicted octanol–water partition coefficient (Wildman–Crippen LogP) is 1.54. The summed E-state index contributed by atoms with van der Waals surface area (Å²) in [5.74, 6) is 1.32. The Bertz CT molecular complexity index is 303. The lowest BCUT2D eigenvalue weighted by atomic mass is 9.80. The van der Waals surface area contributed by atoms with Gasteiger partial charge < -0.3 is 17.2 Å². The van der Waals surface area contributed by atoms with Crippen LogP contribution in [0.25, 0.3) is 0 Å². The van der Waals surface area contributed by atoms with Crippen molar-refractivity contribution >= 4 is 5.69 Å². The first-order chi connectivity index (χ1) is 7.60. The van der Waals surface area contributed by atoms with Crippen LogP contribution in [0.4, 0.5) is 5.69 Å². The molecule has 0 aliphatic heterocycles. The van der Waals surface area contributed by atoms with Gasteiger partial charge in [-0.1, -0.05) is 26.0 Å². The molecule has 0 spiro atoms. The van der Waals surface area contributed by atoms with Gasteiger partial charge >= 0.3 is 0 Å². The Morgan fingerprint density at radius 3 is 1.94 bits per heavy atom. The molecule has 0 saturated carbocycles.